The maximum absolute atomic E-state index is 12.4. The first-order valence-corrected chi connectivity index (χ1v) is 8.70. The maximum atomic E-state index is 12.4. The van der Waals surface area contributed by atoms with E-state index in [0.29, 0.717) is 22.8 Å². The molecule has 25 heavy (non-hydrogen) atoms. The predicted octanol–water partition coefficient (Wildman–Crippen LogP) is 3.10. The predicted molar refractivity (Wildman–Crippen MR) is 97.0 cm³/mol. The van der Waals surface area contributed by atoms with Crippen molar-refractivity contribution in [3.05, 3.63) is 40.0 Å². The van der Waals surface area contributed by atoms with Crippen molar-refractivity contribution in [3.63, 3.8) is 0 Å². The van der Waals surface area contributed by atoms with Gasteiger partial charge in [-0.25, -0.2) is 0 Å². The number of anilines is 1. The lowest BCUT2D eigenvalue weighted by Gasteiger charge is -2.06. The number of Topliss-reactive ketones (excluding diaryl/α,β-unsaturated/α-hetero) is 1. The van der Waals surface area contributed by atoms with Crippen molar-refractivity contribution in [2.24, 2.45) is 0 Å². The molecule has 0 aliphatic rings. The molecular formula is C17H19N5O2S. The van der Waals surface area contributed by atoms with Gasteiger partial charge in [0.2, 0.25) is 5.91 Å². The highest BCUT2D eigenvalue weighted by Crippen LogP contribution is 2.29. The third-order valence-corrected chi connectivity index (χ3v) is 4.95. The Kier molecular flexibility index (Phi) is 4.54. The van der Waals surface area contributed by atoms with Crippen LogP contribution in [-0.4, -0.2) is 31.7 Å². The van der Waals surface area contributed by atoms with Gasteiger partial charge in [-0.2, -0.15) is 10.2 Å². The van der Waals surface area contributed by atoms with Crippen molar-refractivity contribution in [1.29, 1.82) is 0 Å². The number of aryl methyl sites for hydroxylation is 1. The Balaban J connectivity index is 1.76. The van der Waals surface area contributed by atoms with Gasteiger partial charge in [-0.1, -0.05) is 6.07 Å². The fourth-order valence-electron chi connectivity index (χ4n) is 2.85. The molecule has 0 saturated carbocycles. The molecule has 0 saturated heterocycles. The normalized spacial score (nSPS) is 10.9. The molecule has 0 spiro atoms. The highest BCUT2D eigenvalue weighted by atomic mass is 32.1. The Bertz CT molecular complexity index is 937. The topological polar surface area (TPSA) is 92.7 Å². The molecule has 1 amide bonds. The van der Waals surface area contributed by atoms with E-state index >= 15 is 0 Å². The minimum atomic E-state index is -0.243. The Morgan fingerprint density at radius 2 is 2.08 bits per heavy atom. The third kappa shape index (κ3) is 3.25. The minimum Gasteiger partial charge on any atom is -0.307 e. The van der Waals surface area contributed by atoms with Crippen LogP contribution < -0.4 is 5.32 Å². The number of amides is 1. The Hall–Kier alpha value is -2.74. The molecule has 0 aliphatic heterocycles. The number of aromatic nitrogens is 4. The van der Waals surface area contributed by atoms with Crippen molar-refractivity contribution in [2.75, 3.05) is 5.32 Å². The van der Waals surface area contributed by atoms with E-state index in [4.69, 9.17) is 0 Å². The smallest absolute Gasteiger partial charge is 0.247 e. The monoisotopic (exact) mass is 357 g/mol. The van der Waals surface area contributed by atoms with Gasteiger partial charge in [0, 0.05) is 11.3 Å². The van der Waals surface area contributed by atoms with E-state index in [1.54, 1.807) is 29.9 Å². The first kappa shape index (κ1) is 17.1. The number of H-pyrrole nitrogens is 1. The number of hydrogen-bond acceptors (Lipinski definition) is 5. The molecule has 0 unspecified atom stereocenters. The van der Waals surface area contributed by atoms with E-state index in [1.807, 2.05) is 24.4 Å². The number of thiophene rings is 1. The van der Waals surface area contributed by atoms with Crippen LogP contribution >= 0.6 is 11.3 Å². The molecule has 7 nitrogen and oxygen atoms in total. The Morgan fingerprint density at radius 3 is 2.68 bits per heavy atom. The number of aromatic amines is 1. The first-order chi connectivity index (χ1) is 11.9. The average Bonchev–Trinajstić information content (AvgIpc) is 3.22. The standard InChI is InChI=1S/C17H19N5O2S/c1-9-16(13-6-5-7-25-13)19-20-17(9)18-14(24)8-22-11(3)15(12(4)23)10(2)21-22/h5-7H,8H2,1-4H3,(H2,18,19,20,24). The summed E-state index contributed by atoms with van der Waals surface area (Å²) in [6, 6.07) is 3.96. The van der Waals surface area contributed by atoms with E-state index in [1.165, 1.54) is 6.92 Å². The molecule has 130 valence electrons. The molecule has 8 heteroatoms. The third-order valence-electron chi connectivity index (χ3n) is 4.06. The fourth-order valence-corrected chi connectivity index (χ4v) is 3.63. The van der Waals surface area contributed by atoms with Crippen LogP contribution in [0.5, 0.6) is 0 Å². The summed E-state index contributed by atoms with van der Waals surface area (Å²) in [5, 5.41) is 16.2. The fraction of sp³-hybridized carbons (Fsp3) is 0.294. The summed E-state index contributed by atoms with van der Waals surface area (Å²) in [5.74, 6) is 0.208. The summed E-state index contributed by atoms with van der Waals surface area (Å²) in [6.07, 6.45) is 0. The molecule has 3 rings (SSSR count). The summed E-state index contributed by atoms with van der Waals surface area (Å²) < 4.78 is 1.55. The Morgan fingerprint density at radius 1 is 1.32 bits per heavy atom. The molecule has 0 bridgehead atoms. The number of nitrogens with one attached hydrogen (secondary N) is 2. The zero-order valence-electron chi connectivity index (χ0n) is 14.5. The van der Waals surface area contributed by atoms with Gasteiger partial charge in [0.15, 0.2) is 11.6 Å². The lowest BCUT2D eigenvalue weighted by molar-refractivity contribution is -0.117. The molecular weight excluding hydrogens is 338 g/mol. The number of nitrogens with zero attached hydrogens (tertiary/aromatic N) is 3. The zero-order valence-corrected chi connectivity index (χ0v) is 15.3. The van der Waals surface area contributed by atoms with Gasteiger partial charge in [-0.15, -0.1) is 11.3 Å². The molecule has 3 heterocycles. The van der Waals surface area contributed by atoms with Crippen LogP contribution in [-0.2, 0) is 11.3 Å². The van der Waals surface area contributed by atoms with Crippen LogP contribution in [0.2, 0.25) is 0 Å². The zero-order chi connectivity index (χ0) is 18.1. The van der Waals surface area contributed by atoms with Crippen LogP contribution in [0, 0.1) is 20.8 Å². The summed E-state index contributed by atoms with van der Waals surface area (Å²) >= 11 is 1.60. The second-order valence-electron chi connectivity index (χ2n) is 5.86. The average molecular weight is 357 g/mol. The summed E-state index contributed by atoms with van der Waals surface area (Å²) in [6.45, 7) is 6.99. The highest BCUT2D eigenvalue weighted by molar-refractivity contribution is 7.13. The summed E-state index contributed by atoms with van der Waals surface area (Å²) in [4.78, 5) is 25.1. The number of carbonyl (C=O) groups excluding carboxylic acids is 2. The van der Waals surface area contributed by atoms with Crippen molar-refractivity contribution in [1.82, 2.24) is 20.0 Å². The van der Waals surface area contributed by atoms with Gasteiger partial charge in [-0.3, -0.25) is 19.4 Å². The van der Waals surface area contributed by atoms with Crippen molar-refractivity contribution >= 4 is 28.8 Å². The lowest BCUT2D eigenvalue weighted by Crippen LogP contribution is -2.21. The van der Waals surface area contributed by atoms with Crippen molar-refractivity contribution in [2.45, 2.75) is 34.2 Å². The van der Waals surface area contributed by atoms with Crippen LogP contribution in [0.3, 0.4) is 0 Å². The van der Waals surface area contributed by atoms with Crippen LogP contribution in [0.4, 0.5) is 5.82 Å². The maximum Gasteiger partial charge on any atom is 0.247 e. The summed E-state index contributed by atoms with van der Waals surface area (Å²) in [5.41, 5.74) is 3.68. The van der Waals surface area contributed by atoms with Gasteiger partial charge in [0.25, 0.3) is 0 Å². The van der Waals surface area contributed by atoms with Gasteiger partial charge in [0.05, 0.1) is 21.8 Å². The van der Waals surface area contributed by atoms with Gasteiger partial charge in [-0.05, 0) is 39.1 Å². The molecule has 0 fully saturated rings. The lowest BCUT2D eigenvalue weighted by atomic mass is 10.1. The first-order valence-electron chi connectivity index (χ1n) is 7.82. The largest absolute Gasteiger partial charge is 0.307 e. The van der Waals surface area contributed by atoms with Gasteiger partial charge < -0.3 is 5.32 Å². The van der Waals surface area contributed by atoms with E-state index in [0.717, 1.165) is 16.1 Å². The number of ketones is 1. The number of carbonyl (C=O) groups is 2. The number of hydrogen-bond donors (Lipinski definition) is 2. The SMILES string of the molecule is CC(=O)c1c(C)nn(CC(=O)Nc2n[nH]c(-c3cccs3)c2C)c1C. The van der Waals surface area contributed by atoms with E-state index in [9.17, 15) is 9.59 Å². The quantitative estimate of drug-likeness (QED) is 0.686. The Labute approximate surface area is 149 Å². The van der Waals surface area contributed by atoms with Crippen molar-refractivity contribution in [3.8, 4) is 10.6 Å². The van der Waals surface area contributed by atoms with Crippen LogP contribution in [0.15, 0.2) is 17.5 Å². The molecule has 0 atom stereocenters. The van der Waals surface area contributed by atoms with Gasteiger partial charge in [0.1, 0.15) is 6.54 Å². The molecule has 3 aromatic rings. The van der Waals surface area contributed by atoms with Crippen LogP contribution in [0.25, 0.3) is 10.6 Å². The molecule has 0 radical (unpaired) electrons. The van der Waals surface area contributed by atoms with Crippen LogP contribution in [0.1, 0.15) is 34.2 Å². The van der Waals surface area contributed by atoms with E-state index < -0.39 is 0 Å². The molecule has 0 aromatic carbocycles. The summed E-state index contributed by atoms with van der Waals surface area (Å²) in [7, 11) is 0. The van der Waals surface area contributed by atoms with E-state index in [2.05, 4.69) is 20.6 Å². The molecule has 0 aliphatic carbocycles. The molecule has 3 aromatic heterocycles. The van der Waals surface area contributed by atoms with Gasteiger partial charge >= 0.3 is 0 Å². The van der Waals surface area contributed by atoms with Crippen molar-refractivity contribution < 1.29 is 9.59 Å². The minimum absolute atomic E-state index is 0.0284. The van der Waals surface area contributed by atoms with E-state index in [-0.39, 0.29) is 18.2 Å². The highest BCUT2D eigenvalue weighted by Gasteiger charge is 2.18. The second kappa shape index (κ2) is 6.64. The molecule has 2 N–H and O–H groups in total. The number of rotatable bonds is 5. The second-order valence-corrected chi connectivity index (χ2v) is 6.81.